The van der Waals surface area contributed by atoms with Crippen molar-refractivity contribution in [2.45, 2.75) is 175 Å². The molecule has 0 saturated carbocycles. The lowest BCUT2D eigenvalue weighted by atomic mass is 10.2. The van der Waals surface area contributed by atoms with Crippen LogP contribution in [0.2, 0.25) is 0 Å². The topological polar surface area (TPSA) is 404 Å². The molecule has 0 aliphatic rings. The van der Waals surface area contributed by atoms with Gasteiger partial charge in [-0.2, -0.15) is 13.1 Å². The van der Waals surface area contributed by atoms with Gasteiger partial charge in [0.2, 0.25) is 46.0 Å². The van der Waals surface area contributed by atoms with Crippen molar-refractivity contribution in [3.05, 3.63) is 305 Å². The van der Waals surface area contributed by atoms with Crippen molar-refractivity contribution in [1.29, 1.82) is 0 Å². The quantitative estimate of drug-likeness (QED) is 0.0154. The monoisotopic (exact) mass is 2030 g/mol. The summed E-state index contributed by atoms with van der Waals surface area (Å²) in [6.45, 7) is 38.4. The maximum Gasteiger partial charge on any atom is 0.417 e. The van der Waals surface area contributed by atoms with E-state index in [-0.39, 0.29) is 35.3 Å². The third-order valence-corrected chi connectivity index (χ3v) is 24.6. The van der Waals surface area contributed by atoms with Gasteiger partial charge in [0.05, 0.1) is 35.7 Å². The molecule has 10 N–H and O–H groups in total. The Morgan fingerprint density at radius 2 is 0.672 bits per heavy atom. The largest absolute Gasteiger partial charge is 0.497 e. The van der Waals surface area contributed by atoms with E-state index in [0.717, 1.165) is 67.7 Å². The van der Waals surface area contributed by atoms with Gasteiger partial charge < -0.3 is 19.5 Å². The minimum Gasteiger partial charge on any atom is -0.497 e. The van der Waals surface area contributed by atoms with E-state index >= 15 is 0 Å². The molecule has 0 fully saturated rings. The maximum atomic E-state index is 11.7. The van der Waals surface area contributed by atoms with Gasteiger partial charge in [-0.25, -0.2) is 51.7 Å². The molecule has 35 heteroatoms. The first-order valence-corrected chi connectivity index (χ1v) is 53.4. The fourth-order valence-corrected chi connectivity index (χ4v) is 16.0. The molecule has 0 aliphatic carbocycles. The summed E-state index contributed by atoms with van der Waals surface area (Å²) in [6.07, 6.45) is 1.81. The molecule has 10 aromatic carbocycles. The normalized spacial score (nSPS) is 10.7. The van der Waals surface area contributed by atoms with Crippen molar-refractivity contribution in [3.63, 3.8) is 0 Å². The standard InChI is InChI=1S/C15H15NO3.C11H17NO2S.C11H15NO2.C10H16N2O2S.3C10H15NO2S.C9H11NO2S.C9H11NO.CH3I/c1-11-4-3-5-12(10-11)16-15(17)19-14-8-6-13(18-2)7-9-14;1-3-4-9-15(13,14)12-11-7-5-10(2)6-8-11;1-8(2)14-11(13)12-10-6-4-5-9(3)7-10;1-8(2)11-15(13,14)12-10-6-4-5-9(3)7-10;1-8(2)14(12,13)11-10-6-4-9(3)5-7-10;1-3-8-14(12,13)11-10-6-4-9(2)5-7-10;1-3-7-14(12,13)11-10-6-4-5-9(2)8-10;1-3-13(11,12)10-9-6-4-5-8(2)7-9;1-7-3-5-9(6-4-7)10-8(2)11;1-2/h3-10H,1-2H3,(H,16,17);5-8,12H,3-4,9H2,1-2H3;4-8H,1-3H3,(H,12,13);4-8,11-12H,1-3H3;4-8,11H,1-3H3;4-7,11H,3,8H2,1-2H3;4-6,8,11H,3,7H2,1-2H3;3-7,10H,1H2,2H3;3-6H,1-2H3,(H,10,11);1H3. The highest BCUT2D eigenvalue weighted by Crippen LogP contribution is 2.22. The number of aryl methyl sites for hydroxylation is 9. The third-order valence-electron chi connectivity index (χ3n) is 16.3. The summed E-state index contributed by atoms with van der Waals surface area (Å²) >= 11 is 2.15. The second-order valence-corrected chi connectivity index (χ2v) is 41.1. The lowest BCUT2D eigenvalue weighted by Crippen LogP contribution is -2.35. The van der Waals surface area contributed by atoms with Gasteiger partial charge in [-0.1, -0.05) is 188 Å². The maximum absolute atomic E-state index is 11.7. The average Bonchev–Trinajstić information content (AvgIpc) is 0.893. The number of hydrogen-bond acceptors (Lipinski definition) is 18. The second-order valence-electron chi connectivity index (χ2n) is 30.3. The molecule has 0 radical (unpaired) electrons. The summed E-state index contributed by atoms with van der Waals surface area (Å²) in [7, 11) is -17.9. The number of methoxy groups -OCH3 is 1. The van der Waals surface area contributed by atoms with Crippen LogP contribution < -0.4 is 58.5 Å². The number of rotatable bonds is 29. The van der Waals surface area contributed by atoms with E-state index in [1.165, 1.54) is 12.5 Å². The summed E-state index contributed by atoms with van der Waals surface area (Å²) < 4.78 is 169. The molecule has 0 aliphatic heterocycles. The minimum atomic E-state index is -3.45. The number of ether oxygens (including phenoxy) is 3. The first-order valence-electron chi connectivity index (χ1n) is 41.7. The Morgan fingerprint density at radius 1 is 0.359 bits per heavy atom. The van der Waals surface area contributed by atoms with Crippen LogP contribution in [-0.4, -0.2) is 115 Å². The summed E-state index contributed by atoms with van der Waals surface area (Å²) in [5.41, 5.74) is 15.7. The van der Waals surface area contributed by atoms with Crippen molar-refractivity contribution < 1.29 is 79.1 Å². The number of carbonyl (C=O) groups excluding carboxylic acids is 3. The van der Waals surface area contributed by atoms with Crippen LogP contribution in [0.5, 0.6) is 11.5 Å². The molecule has 0 spiro atoms. The summed E-state index contributed by atoms with van der Waals surface area (Å²) in [4.78, 5) is 35.4. The van der Waals surface area contributed by atoms with E-state index < -0.39 is 77.8 Å². The molecule has 0 bridgehead atoms. The van der Waals surface area contributed by atoms with Gasteiger partial charge in [0.15, 0.2) is 0 Å². The molecular formula is C96H133IN10O18S6. The Morgan fingerprint density at radius 3 is 0.992 bits per heavy atom. The van der Waals surface area contributed by atoms with Crippen LogP contribution in [0.1, 0.15) is 145 Å². The smallest absolute Gasteiger partial charge is 0.417 e. The number of nitrogens with one attached hydrogen (secondary N) is 10. The van der Waals surface area contributed by atoms with Crippen LogP contribution in [0.15, 0.2) is 255 Å². The number of alkyl halides is 1. The Kier molecular flexibility index (Phi) is 55.4. The lowest BCUT2D eigenvalue weighted by molar-refractivity contribution is -0.114. The number of benzene rings is 10. The summed E-state index contributed by atoms with van der Waals surface area (Å²) in [5.74, 6) is 1.67. The highest BCUT2D eigenvalue weighted by atomic mass is 127. The highest BCUT2D eigenvalue weighted by Gasteiger charge is 2.17. The summed E-state index contributed by atoms with van der Waals surface area (Å²) in [5, 5.41) is 8.48. The van der Waals surface area contributed by atoms with Crippen molar-refractivity contribution in [2.75, 3.05) is 73.6 Å². The molecule has 0 atom stereocenters. The Labute approximate surface area is 794 Å². The molecule has 0 saturated heterocycles. The molecule has 0 unspecified atom stereocenters. The average molecular weight is 2030 g/mol. The van der Waals surface area contributed by atoms with Gasteiger partial charge in [0.1, 0.15) is 11.5 Å². The molecule has 10 aromatic rings. The number of amides is 3. The number of carbonyl (C=O) groups is 3. The van der Waals surface area contributed by atoms with E-state index in [1.807, 2.05) is 247 Å². The number of halogens is 1. The first kappa shape index (κ1) is 118. The molecule has 28 nitrogen and oxygen atoms in total. The Bertz CT molecular complexity index is 5810. The van der Waals surface area contributed by atoms with Gasteiger partial charge >= 0.3 is 12.2 Å². The highest BCUT2D eigenvalue weighted by molar-refractivity contribution is 14.1. The van der Waals surface area contributed by atoms with Gasteiger partial charge in [0.25, 0.3) is 20.2 Å². The van der Waals surface area contributed by atoms with Crippen molar-refractivity contribution in [1.82, 2.24) is 4.72 Å². The third kappa shape index (κ3) is 57.7. The number of hydrogen-bond donors (Lipinski definition) is 10. The Hall–Kier alpha value is -11.1. The lowest BCUT2D eigenvalue weighted by Gasteiger charge is -2.11. The molecule has 0 heterocycles. The zero-order valence-electron chi connectivity index (χ0n) is 78.7. The predicted molar refractivity (Wildman–Crippen MR) is 552 cm³/mol. The van der Waals surface area contributed by atoms with Crippen LogP contribution in [-0.2, 0) is 69.9 Å². The second kappa shape index (κ2) is 61.6. The molecule has 131 heavy (non-hydrogen) atoms. The van der Waals surface area contributed by atoms with Gasteiger partial charge in [-0.3, -0.25) is 43.8 Å². The minimum absolute atomic E-state index is 0.0335. The van der Waals surface area contributed by atoms with E-state index in [4.69, 9.17) is 14.2 Å². The number of anilines is 9. The van der Waals surface area contributed by atoms with Crippen LogP contribution >= 0.6 is 22.6 Å². The zero-order chi connectivity index (χ0) is 99.1. The van der Waals surface area contributed by atoms with Crippen molar-refractivity contribution in [3.8, 4) is 11.5 Å². The number of unbranched alkanes of at least 4 members (excludes halogenated alkanes) is 1. The predicted octanol–water partition coefficient (Wildman–Crippen LogP) is 22.1. The van der Waals surface area contributed by atoms with Gasteiger partial charge in [0, 0.05) is 69.6 Å². The van der Waals surface area contributed by atoms with E-state index in [0.29, 0.717) is 70.6 Å². The molecule has 0 aromatic heterocycles. The van der Waals surface area contributed by atoms with Crippen LogP contribution in [0.3, 0.4) is 0 Å². The fraction of sp³-hybridized carbons (Fsp3) is 0.323. The van der Waals surface area contributed by atoms with E-state index in [1.54, 1.807) is 132 Å². The molecule has 718 valence electrons. The van der Waals surface area contributed by atoms with E-state index in [2.05, 4.69) is 78.2 Å². The van der Waals surface area contributed by atoms with E-state index in [9.17, 15) is 64.9 Å². The zero-order valence-corrected chi connectivity index (χ0v) is 85.8. The first-order chi connectivity index (χ1) is 61.4. The number of sulfonamides is 5. The van der Waals surface area contributed by atoms with Crippen LogP contribution in [0.25, 0.3) is 0 Å². The van der Waals surface area contributed by atoms with Gasteiger partial charge in [-0.05, 0) is 289 Å². The molecule has 10 rings (SSSR count). The van der Waals surface area contributed by atoms with Crippen LogP contribution in [0, 0.1) is 62.3 Å². The van der Waals surface area contributed by atoms with Crippen LogP contribution in [0.4, 0.5) is 60.8 Å². The molecule has 3 amide bonds. The Balaban J connectivity index is 0.000000737. The molecular weight excluding hydrogens is 1900 g/mol. The van der Waals surface area contributed by atoms with Crippen molar-refractivity contribution in [2.24, 2.45) is 0 Å². The van der Waals surface area contributed by atoms with Crippen molar-refractivity contribution >= 4 is 152 Å². The fourth-order valence-electron chi connectivity index (χ4n) is 10.1. The summed E-state index contributed by atoms with van der Waals surface area (Å²) in [6, 6.07) is 73.0. The van der Waals surface area contributed by atoms with Gasteiger partial charge in [-0.15, -0.1) is 0 Å². The SMILES string of the molecule is C=CS(=O)(=O)Nc1cccc(C)c1.CC(=O)Nc1ccc(C)cc1.CCCCS(=O)(=O)Nc1ccc(C)cc1.CCCS(=O)(=O)Nc1ccc(C)cc1.CCCS(=O)(=O)Nc1cccc(C)c1.CI.COc1ccc(OC(=O)Nc2cccc(C)c2)cc1.Cc1ccc(NS(=O)(=O)C(C)C)cc1.Cc1cccc(NC(=O)OC(C)C)c1.Cc1cccc(NS(=O)(=O)NC(C)C)c1.